The minimum absolute atomic E-state index is 0.0680. The van der Waals surface area contributed by atoms with Gasteiger partial charge in [0.2, 0.25) is 0 Å². The highest BCUT2D eigenvalue weighted by atomic mass is 16.6. The van der Waals surface area contributed by atoms with Gasteiger partial charge in [-0.25, -0.2) is 9.59 Å². The summed E-state index contributed by atoms with van der Waals surface area (Å²) in [5, 5.41) is 9.41. The molecule has 1 N–H and O–H groups in total. The first kappa shape index (κ1) is 43.1. The molecule has 266 valence electrons. The smallest absolute Gasteiger partial charge is 0.330 e. The van der Waals surface area contributed by atoms with E-state index in [1.807, 2.05) is 13.8 Å². The molecule has 0 rings (SSSR count). The third kappa shape index (κ3) is 24.4. The second kappa shape index (κ2) is 26.2. The number of aliphatic hydroxyl groups is 1. The van der Waals surface area contributed by atoms with Gasteiger partial charge in [0, 0.05) is 31.8 Å². The number of esters is 4. The Kier molecular flexibility index (Phi) is 24.6. The molecule has 0 aromatic heterocycles. The molecule has 0 aliphatic rings. The Morgan fingerprint density at radius 2 is 0.891 bits per heavy atom. The number of hydrogen-bond acceptors (Lipinski definition) is 14. The largest absolute Gasteiger partial charge is 0.460 e. The van der Waals surface area contributed by atoms with Crippen LogP contribution in [0.25, 0.3) is 0 Å². The van der Waals surface area contributed by atoms with Crippen LogP contribution in [0.2, 0.25) is 0 Å². The summed E-state index contributed by atoms with van der Waals surface area (Å²) in [4.78, 5) is 48.7. The van der Waals surface area contributed by atoms with Crippen LogP contribution in [0, 0.1) is 0 Å². The monoisotopic (exact) mass is 661 g/mol. The molecule has 0 spiro atoms. The van der Waals surface area contributed by atoms with Gasteiger partial charge in [0.25, 0.3) is 0 Å². The van der Waals surface area contributed by atoms with Gasteiger partial charge in [-0.1, -0.05) is 13.2 Å². The molecule has 14 heteroatoms. The van der Waals surface area contributed by atoms with E-state index in [0.717, 1.165) is 12.2 Å². The molecular formula is C32H55NO13. The average Bonchev–Trinajstić information content (AvgIpc) is 3.03. The maximum Gasteiger partial charge on any atom is 0.330 e. The van der Waals surface area contributed by atoms with Crippen molar-refractivity contribution < 1.29 is 62.2 Å². The van der Waals surface area contributed by atoms with Crippen LogP contribution in [0.5, 0.6) is 0 Å². The zero-order valence-corrected chi connectivity index (χ0v) is 28.3. The van der Waals surface area contributed by atoms with Crippen molar-refractivity contribution in [3.05, 3.63) is 25.3 Å². The minimum Gasteiger partial charge on any atom is -0.460 e. The van der Waals surface area contributed by atoms with Gasteiger partial charge in [-0.2, -0.15) is 0 Å². The number of carbonyl (C=O) groups excluding carboxylic acids is 4. The molecule has 0 fully saturated rings. The van der Waals surface area contributed by atoms with E-state index in [9.17, 15) is 24.3 Å². The zero-order chi connectivity index (χ0) is 34.9. The molecule has 0 saturated carbocycles. The molecule has 14 nitrogen and oxygen atoms in total. The first-order valence-electron chi connectivity index (χ1n) is 15.6. The van der Waals surface area contributed by atoms with Gasteiger partial charge in [0.15, 0.2) is 0 Å². The molecule has 0 radical (unpaired) electrons. The lowest BCUT2D eigenvalue weighted by molar-refractivity contribution is -0.154. The van der Waals surface area contributed by atoms with Gasteiger partial charge in [0.05, 0.1) is 70.3 Å². The molecular weight excluding hydrogens is 606 g/mol. The van der Waals surface area contributed by atoms with Crippen LogP contribution < -0.4 is 0 Å². The van der Waals surface area contributed by atoms with E-state index < -0.39 is 36.1 Å². The Hall–Kier alpha value is -2.88. The van der Waals surface area contributed by atoms with E-state index in [1.54, 1.807) is 32.6 Å². The van der Waals surface area contributed by atoms with E-state index in [0.29, 0.717) is 13.1 Å². The summed E-state index contributed by atoms with van der Waals surface area (Å²) in [6.45, 7) is 19.1. The van der Waals surface area contributed by atoms with Crippen molar-refractivity contribution >= 4 is 23.9 Å². The summed E-state index contributed by atoms with van der Waals surface area (Å²) in [5.41, 5.74) is 0. The summed E-state index contributed by atoms with van der Waals surface area (Å²) in [7, 11) is 0. The number of ether oxygens (including phenoxy) is 8. The maximum absolute atomic E-state index is 12.4. The highest BCUT2D eigenvalue weighted by Crippen LogP contribution is 2.06. The van der Waals surface area contributed by atoms with Gasteiger partial charge in [-0.3, -0.25) is 14.5 Å². The fraction of sp³-hybridized carbons (Fsp3) is 0.750. The minimum atomic E-state index is -0.516. The molecule has 6 atom stereocenters. The van der Waals surface area contributed by atoms with Crippen molar-refractivity contribution in [1.82, 2.24) is 4.90 Å². The SMILES string of the molecule is C=CC(=O)OCC(C)OCC(C)OCC(C)OC(=O)CCN(CCO)CCC(=O)OC(C)COC(C)COC(C)COC(=O)C=C. The van der Waals surface area contributed by atoms with Crippen molar-refractivity contribution in [2.45, 2.75) is 91.0 Å². The number of hydrogen-bond donors (Lipinski definition) is 1. The average molecular weight is 662 g/mol. The lowest BCUT2D eigenvalue weighted by Gasteiger charge is -2.22. The molecule has 0 bridgehead atoms. The molecule has 0 amide bonds. The standard InChI is InChI=1S/C32H55NO13/c1-9-29(35)43-19-25(5)39-17-23(3)41-21-27(7)45-31(37)11-13-33(15-16-34)14-12-32(38)46-28(8)22-42-24(4)18-40-26(6)20-44-30(36)10-2/h9-10,23-28,34H,1-2,11-22H2,3-8H3. The van der Waals surface area contributed by atoms with Gasteiger partial charge < -0.3 is 43.0 Å². The molecule has 0 aliphatic carbocycles. The summed E-state index contributed by atoms with van der Waals surface area (Å²) in [6.07, 6.45) is 0.132. The van der Waals surface area contributed by atoms with E-state index >= 15 is 0 Å². The van der Waals surface area contributed by atoms with Gasteiger partial charge in [0.1, 0.15) is 25.4 Å². The molecule has 0 heterocycles. The van der Waals surface area contributed by atoms with E-state index in [4.69, 9.17) is 37.9 Å². The Bertz CT molecular complexity index is 831. The Morgan fingerprint density at radius 3 is 1.22 bits per heavy atom. The second-order valence-electron chi connectivity index (χ2n) is 10.9. The normalized spacial score (nSPS) is 15.1. The van der Waals surface area contributed by atoms with E-state index in [1.165, 1.54) is 0 Å². The molecule has 6 unspecified atom stereocenters. The highest BCUT2D eigenvalue weighted by Gasteiger charge is 2.18. The lowest BCUT2D eigenvalue weighted by Crippen LogP contribution is -2.33. The van der Waals surface area contributed by atoms with Crippen LogP contribution in [0.1, 0.15) is 54.4 Å². The van der Waals surface area contributed by atoms with Crippen molar-refractivity contribution in [1.29, 1.82) is 0 Å². The highest BCUT2D eigenvalue weighted by molar-refractivity contribution is 5.81. The van der Waals surface area contributed by atoms with E-state index in [2.05, 4.69) is 13.2 Å². The molecule has 0 saturated heterocycles. The topological polar surface area (TPSA) is 166 Å². The first-order chi connectivity index (χ1) is 21.8. The predicted molar refractivity (Wildman–Crippen MR) is 168 cm³/mol. The second-order valence-corrected chi connectivity index (χ2v) is 10.9. The summed E-state index contributed by atoms with van der Waals surface area (Å²) in [5.74, 6) is -1.90. The third-order valence-electron chi connectivity index (χ3n) is 6.06. The van der Waals surface area contributed by atoms with Crippen LogP contribution in [-0.4, -0.2) is 136 Å². The number of rotatable bonds is 28. The summed E-state index contributed by atoms with van der Waals surface area (Å²) >= 11 is 0. The van der Waals surface area contributed by atoms with Gasteiger partial charge in [-0.15, -0.1) is 0 Å². The summed E-state index contributed by atoms with van der Waals surface area (Å²) < 4.78 is 43.2. The van der Waals surface area contributed by atoms with Crippen LogP contribution >= 0.6 is 0 Å². The van der Waals surface area contributed by atoms with Crippen molar-refractivity contribution in [3.63, 3.8) is 0 Å². The molecule has 0 aliphatic heterocycles. The van der Waals surface area contributed by atoms with Crippen LogP contribution in [0.15, 0.2) is 25.3 Å². The quantitative estimate of drug-likeness (QED) is 0.0735. The van der Waals surface area contributed by atoms with Crippen molar-refractivity contribution in [2.75, 3.05) is 65.9 Å². The Morgan fingerprint density at radius 1 is 0.565 bits per heavy atom. The number of aliphatic hydroxyl groups excluding tert-OH is 1. The van der Waals surface area contributed by atoms with Crippen LogP contribution in [-0.2, 0) is 57.1 Å². The number of carbonyl (C=O) groups is 4. The number of nitrogens with zero attached hydrogens (tertiary/aromatic N) is 1. The Balaban J connectivity index is 4.25. The first-order valence-corrected chi connectivity index (χ1v) is 15.6. The maximum atomic E-state index is 12.4. The lowest BCUT2D eigenvalue weighted by atomic mass is 10.3. The Labute approximate surface area is 273 Å². The molecule has 46 heavy (non-hydrogen) atoms. The fourth-order valence-electron chi connectivity index (χ4n) is 3.52. The van der Waals surface area contributed by atoms with Crippen molar-refractivity contribution in [2.24, 2.45) is 0 Å². The zero-order valence-electron chi connectivity index (χ0n) is 28.3. The van der Waals surface area contributed by atoms with Crippen molar-refractivity contribution in [3.8, 4) is 0 Å². The van der Waals surface area contributed by atoms with Crippen LogP contribution in [0.3, 0.4) is 0 Å². The van der Waals surface area contributed by atoms with Gasteiger partial charge >= 0.3 is 23.9 Å². The molecule has 0 aromatic rings. The predicted octanol–water partition coefficient (Wildman–Crippen LogP) is 2.00. The van der Waals surface area contributed by atoms with Crippen LogP contribution in [0.4, 0.5) is 0 Å². The third-order valence-corrected chi connectivity index (χ3v) is 6.06. The molecule has 0 aromatic carbocycles. The summed E-state index contributed by atoms with van der Waals surface area (Å²) in [6, 6.07) is 0. The van der Waals surface area contributed by atoms with E-state index in [-0.39, 0.29) is 90.1 Å². The fourth-order valence-corrected chi connectivity index (χ4v) is 3.52. The van der Waals surface area contributed by atoms with Gasteiger partial charge in [-0.05, 0) is 41.5 Å².